The summed E-state index contributed by atoms with van der Waals surface area (Å²) in [5.41, 5.74) is 0.495. The van der Waals surface area contributed by atoms with Crippen LogP contribution in [0.3, 0.4) is 0 Å². The molecule has 2 unspecified atom stereocenters. The van der Waals surface area contributed by atoms with Crippen LogP contribution in [0.5, 0.6) is 5.75 Å². The first kappa shape index (κ1) is 11.8. The van der Waals surface area contributed by atoms with E-state index < -0.39 is 0 Å². The van der Waals surface area contributed by atoms with Crippen LogP contribution in [0.25, 0.3) is 0 Å². The van der Waals surface area contributed by atoms with Crippen molar-refractivity contribution in [3.8, 4) is 11.8 Å². The Labute approximate surface area is 112 Å². The molecule has 3 rings (SSSR count). The van der Waals surface area contributed by atoms with Gasteiger partial charge < -0.3 is 10.1 Å². The quantitative estimate of drug-likeness (QED) is 0.891. The van der Waals surface area contributed by atoms with Gasteiger partial charge in [-0.15, -0.1) is 0 Å². The second-order valence-electron chi connectivity index (χ2n) is 5.10. The van der Waals surface area contributed by atoms with Crippen molar-refractivity contribution in [2.45, 2.75) is 43.9 Å². The molecule has 2 atom stereocenters. The Morgan fingerprint density at radius 3 is 2.61 bits per heavy atom. The van der Waals surface area contributed by atoms with Gasteiger partial charge in [-0.3, -0.25) is 0 Å². The number of piperidine rings is 1. The van der Waals surface area contributed by atoms with Crippen LogP contribution in [0, 0.1) is 11.3 Å². The number of ether oxygens (including phenoxy) is 1. The van der Waals surface area contributed by atoms with Crippen molar-refractivity contribution in [3.63, 3.8) is 0 Å². The average molecular weight is 263 g/mol. The first-order chi connectivity index (χ1) is 8.74. The fourth-order valence-electron chi connectivity index (χ4n) is 2.95. The van der Waals surface area contributed by atoms with Gasteiger partial charge in [0.15, 0.2) is 0 Å². The van der Waals surface area contributed by atoms with Crippen molar-refractivity contribution in [2.24, 2.45) is 0 Å². The molecule has 2 saturated heterocycles. The molecule has 2 aliphatic rings. The number of nitrogens with one attached hydrogen (secondary N) is 1. The standard InChI is InChI=1S/C14H15ClN2O/c15-14-7-12(4-1-9(14)8-16)18-13-5-10-2-3-11(6-13)17-10/h1,4,7,10-11,13,17H,2-3,5-6H2. The second-order valence-corrected chi connectivity index (χ2v) is 5.51. The molecule has 1 N–H and O–H groups in total. The highest BCUT2D eigenvalue weighted by Gasteiger charge is 2.34. The molecule has 0 radical (unpaired) electrons. The number of halogens is 1. The van der Waals surface area contributed by atoms with Gasteiger partial charge in [-0.1, -0.05) is 11.6 Å². The van der Waals surface area contributed by atoms with Gasteiger partial charge in [-0.05, 0) is 37.8 Å². The average Bonchev–Trinajstić information content (AvgIpc) is 2.69. The molecule has 0 amide bonds. The van der Waals surface area contributed by atoms with Crippen molar-refractivity contribution in [1.29, 1.82) is 5.26 Å². The van der Waals surface area contributed by atoms with Gasteiger partial charge in [0.25, 0.3) is 0 Å². The van der Waals surface area contributed by atoms with Crippen molar-refractivity contribution >= 4 is 11.6 Å². The van der Waals surface area contributed by atoms with Gasteiger partial charge in [0.2, 0.25) is 0 Å². The molecule has 0 saturated carbocycles. The fraction of sp³-hybridized carbons (Fsp3) is 0.500. The highest BCUT2D eigenvalue weighted by atomic mass is 35.5. The molecule has 2 bridgehead atoms. The smallest absolute Gasteiger partial charge is 0.121 e. The molecule has 1 aromatic carbocycles. The number of nitriles is 1. The number of fused-ring (bicyclic) bond motifs is 2. The van der Waals surface area contributed by atoms with Gasteiger partial charge in [0.1, 0.15) is 17.9 Å². The molecule has 0 aromatic heterocycles. The summed E-state index contributed by atoms with van der Waals surface area (Å²) in [6.07, 6.45) is 4.92. The summed E-state index contributed by atoms with van der Waals surface area (Å²) in [6.45, 7) is 0. The molecule has 0 spiro atoms. The molecule has 2 aliphatic heterocycles. The van der Waals surface area contributed by atoms with Crippen molar-refractivity contribution in [3.05, 3.63) is 28.8 Å². The summed E-state index contributed by atoms with van der Waals surface area (Å²) in [5.74, 6) is 0.769. The van der Waals surface area contributed by atoms with Crippen LogP contribution < -0.4 is 10.1 Å². The Morgan fingerprint density at radius 1 is 1.28 bits per heavy atom. The van der Waals surface area contributed by atoms with Crippen LogP contribution in [0.4, 0.5) is 0 Å². The summed E-state index contributed by atoms with van der Waals surface area (Å²) in [4.78, 5) is 0. The molecular formula is C14H15ClN2O. The number of hydrogen-bond acceptors (Lipinski definition) is 3. The molecule has 0 aliphatic carbocycles. The molecule has 2 heterocycles. The maximum absolute atomic E-state index is 8.82. The Bertz CT molecular complexity index is 485. The van der Waals surface area contributed by atoms with Crippen molar-refractivity contribution in [1.82, 2.24) is 5.32 Å². The Hall–Kier alpha value is -1.24. The van der Waals surface area contributed by atoms with Crippen LogP contribution >= 0.6 is 11.6 Å². The van der Waals surface area contributed by atoms with E-state index in [0.29, 0.717) is 22.7 Å². The van der Waals surface area contributed by atoms with Crippen molar-refractivity contribution < 1.29 is 4.74 Å². The normalized spacial score (nSPS) is 29.9. The van der Waals surface area contributed by atoms with E-state index >= 15 is 0 Å². The van der Waals surface area contributed by atoms with E-state index in [4.69, 9.17) is 21.6 Å². The molecule has 94 valence electrons. The summed E-state index contributed by atoms with van der Waals surface area (Å²) < 4.78 is 5.98. The summed E-state index contributed by atoms with van der Waals surface area (Å²) in [5, 5.41) is 12.9. The van der Waals surface area contributed by atoms with Gasteiger partial charge in [0.05, 0.1) is 10.6 Å². The first-order valence-corrected chi connectivity index (χ1v) is 6.75. The van der Waals surface area contributed by atoms with Gasteiger partial charge in [0, 0.05) is 18.2 Å². The Morgan fingerprint density at radius 2 is 2.00 bits per heavy atom. The molecule has 3 nitrogen and oxygen atoms in total. The molecule has 2 fully saturated rings. The molecular weight excluding hydrogens is 248 g/mol. The minimum Gasteiger partial charge on any atom is -0.490 e. The third-order valence-corrected chi connectivity index (χ3v) is 4.11. The summed E-state index contributed by atoms with van der Waals surface area (Å²) >= 11 is 6.00. The van der Waals surface area contributed by atoms with Gasteiger partial charge >= 0.3 is 0 Å². The fourth-order valence-corrected chi connectivity index (χ4v) is 3.17. The van der Waals surface area contributed by atoms with Crippen LogP contribution in [0.1, 0.15) is 31.2 Å². The van der Waals surface area contributed by atoms with Gasteiger partial charge in [-0.25, -0.2) is 0 Å². The lowest BCUT2D eigenvalue weighted by Gasteiger charge is -2.29. The van der Waals surface area contributed by atoms with Crippen LogP contribution in [-0.2, 0) is 0 Å². The third-order valence-electron chi connectivity index (χ3n) is 3.79. The lowest BCUT2D eigenvalue weighted by Crippen LogP contribution is -2.42. The van der Waals surface area contributed by atoms with Crippen LogP contribution in [0.15, 0.2) is 18.2 Å². The lowest BCUT2D eigenvalue weighted by atomic mass is 10.0. The summed E-state index contributed by atoms with van der Waals surface area (Å²) in [7, 11) is 0. The summed E-state index contributed by atoms with van der Waals surface area (Å²) in [6, 6.07) is 8.56. The minimum atomic E-state index is 0.271. The topological polar surface area (TPSA) is 45.0 Å². The molecule has 4 heteroatoms. The Kier molecular flexibility index (Phi) is 3.15. The van der Waals surface area contributed by atoms with Gasteiger partial charge in [-0.2, -0.15) is 5.26 Å². The van der Waals surface area contributed by atoms with E-state index in [9.17, 15) is 0 Å². The maximum atomic E-state index is 8.82. The van der Waals surface area contributed by atoms with E-state index in [-0.39, 0.29) is 6.10 Å². The first-order valence-electron chi connectivity index (χ1n) is 6.37. The van der Waals surface area contributed by atoms with Crippen LogP contribution in [-0.4, -0.2) is 18.2 Å². The zero-order chi connectivity index (χ0) is 12.5. The number of rotatable bonds is 2. The zero-order valence-electron chi connectivity index (χ0n) is 10.0. The minimum absolute atomic E-state index is 0.271. The third kappa shape index (κ3) is 2.31. The number of hydrogen-bond donors (Lipinski definition) is 1. The number of nitrogens with zero attached hydrogens (tertiary/aromatic N) is 1. The van der Waals surface area contributed by atoms with E-state index in [1.54, 1.807) is 12.1 Å². The van der Waals surface area contributed by atoms with Crippen LogP contribution in [0.2, 0.25) is 5.02 Å². The predicted molar refractivity (Wildman–Crippen MR) is 69.8 cm³/mol. The van der Waals surface area contributed by atoms with E-state index in [1.807, 2.05) is 6.07 Å². The highest BCUT2D eigenvalue weighted by molar-refractivity contribution is 6.31. The highest BCUT2D eigenvalue weighted by Crippen LogP contribution is 2.30. The molecule has 18 heavy (non-hydrogen) atoms. The van der Waals surface area contributed by atoms with E-state index in [0.717, 1.165) is 18.6 Å². The largest absolute Gasteiger partial charge is 0.490 e. The monoisotopic (exact) mass is 262 g/mol. The maximum Gasteiger partial charge on any atom is 0.121 e. The van der Waals surface area contributed by atoms with E-state index in [1.165, 1.54) is 12.8 Å². The number of benzene rings is 1. The molecule has 1 aromatic rings. The predicted octanol–water partition coefficient (Wildman–Crippen LogP) is 2.87. The Balaban J connectivity index is 1.69. The second kappa shape index (κ2) is 4.79. The lowest BCUT2D eigenvalue weighted by molar-refractivity contribution is 0.137. The SMILES string of the molecule is N#Cc1ccc(OC2CC3CCC(C2)N3)cc1Cl. The van der Waals surface area contributed by atoms with E-state index in [2.05, 4.69) is 11.4 Å². The van der Waals surface area contributed by atoms with Crippen molar-refractivity contribution in [2.75, 3.05) is 0 Å². The zero-order valence-corrected chi connectivity index (χ0v) is 10.8.